The second-order valence-electron chi connectivity index (χ2n) is 6.15. The van der Waals surface area contributed by atoms with E-state index >= 15 is 0 Å². The van der Waals surface area contributed by atoms with Gasteiger partial charge in [0, 0.05) is 6.42 Å². The molecule has 0 aromatic heterocycles. The molecule has 0 aromatic carbocycles. The van der Waals surface area contributed by atoms with Crippen molar-refractivity contribution < 1.29 is 18.0 Å². The third kappa shape index (κ3) is 14.6. The maximum atomic E-state index is 11.7. The SMILES string of the molecule is CCCCCCCCCCCCC(C)C(=O)OSOC(=O)CC. The van der Waals surface area contributed by atoms with Crippen molar-refractivity contribution in [2.24, 2.45) is 5.92 Å². The van der Waals surface area contributed by atoms with E-state index in [1.165, 1.54) is 57.8 Å². The monoisotopic (exact) mass is 346 g/mol. The van der Waals surface area contributed by atoms with E-state index in [0.717, 1.165) is 12.8 Å². The molecule has 0 N–H and O–H groups in total. The summed E-state index contributed by atoms with van der Waals surface area (Å²) in [5, 5.41) is 0. The average molecular weight is 347 g/mol. The molecule has 0 saturated heterocycles. The molecule has 0 spiro atoms. The number of carbonyl (C=O) groups excluding carboxylic acids is 2. The molecule has 0 aliphatic carbocycles. The van der Waals surface area contributed by atoms with Crippen molar-refractivity contribution in [3.8, 4) is 0 Å². The van der Waals surface area contributed by atoms with E-state index in [1.807, 2.05) is 6.92 Å². The van der Waals surface area contributed by atoms with Crippen LogP contribution in [0.2, 0.25) is 0 Å². The van der Waals surface area contributed by atoms with E-state index in [0.29, 0.717) is 12.3 Å². The lowest BCUT2D eigenvalue weighted by Gasteiger charge is -2.09. The summed E-state index contributed by atoms with van der Waals surface area (Å²) >= 11 is 0.482. The van der Waals surface area contributed by atoms with Gasteiger partial charge in [-0.25, -0.2) is 0 Å². The van der Waals surface area contributed by atoms with Gasteiger partial charge in [-0.2, -0.15) is 0 Å². The Morgan fingerprint density at radius 1 is 0.826 bits per heavy atom. The lowest BCUT2D eigenvalue weighted by molar-refractivity contribution is -0.138. The summed E-state index contributed by atoms with van der Waals surface area (Å²) in [5.41, 5.74) is 0. The van der Waals surface area contributed by atoms with Gasteiger partial charge in [0.05, 0.1) is 5.92 Å². The van der Waals surface area contributed by atoms with Crippen LogP contribution in [0.4, 0.5) is 0 Å². The van der Waals surface area contributed by atoms with Crippen LogP contribution in [0.15, 0.2) is 0 Å². The van der Waals surface area contributed by atoms with E-state index in [1.54, 1.807) is 6.92 Å². The Bertz CT molecular complexity index is 307. The van der Waals surface area contributed by atoms with Gasteiger partial charge in [0.2, 0.25) is 0 Å². The van der Waals surface area contributed by atoms with Crippen molar-refractivity contribution in [2.45, 2.75) is 97.8 Å². The quantitative estimate of drug-likeness (QED) is 0.269. The molecule has 1 atom stereocenters. The topological polar surface area (TPSA) is 52.6 Å². The highest BCUT2D eigenvalue weighted by atomic mass is 32.2. The highest BCUT2D eigenvalue weighted by molar-refractivity contribution is 7.90. The maximum Gasteiger partial charge on any atom is 0.323 e. The van der Waals surface area contributed by atoms with E-state index in [2.05, 4.69) is 11.1 Å². The number of rotatable bonds is 15. The van der Waals surface area contributed by atoms with Crippen molar-refractivity contribution in [1.82, 2.24) is 0 Å². The van der Waals surface area contributed by atoms with Crippen LogP contribution in [0, 0.1) is 5.92 Å². The summed E-state index contributed by atoms with van der Waals surface area (Å²) < 4.78 is 9.50. The maximum absolute atomic E-state index is 11.7. The van der Waals surface area contributed by atoms with Crippen molar-refractivity contribution in [2.75, 3.05) is 0 Å². The molecular formula is C18H34O4S. The predicted molar refractivity (Wildman–Crippen MR) is 95.7 cm³/mol. The fraction of sp³-hybridized carbons (Fsp3) is 0.889. The number of hydrogen-bond acceptors (Lipinski definition) is 5. The standard InChI is InChI=1S/C18H34O4S/c1-4-6-7-8-9-10-11-12-13-14-15-16(3)18(20)22-23-21-17(19)5-2/h16H,4-15H2,1-3H3. The number of hydrogen-bond donors (Lipinski definition) is 0. The minimum absolute atomic E-state index is 0.142. The molecule has 0 fully saturated rings. The molecule has 1 unspecified atom stereocenters. The summed E-state index contributed by atoms with van der Waals surface area (Å²) in [5.74, 6) is -0.836. The third-order valence-electron chi connectivity index (χ3n) is 3.92. The Hall–Kier alpha value is -0.710. The molecule has 0 heterocycles. The lowest BCUT2D eigenvalue weighted by Crippen LogP contribution is -2.12. The van der Waals surface area contributed by atoms with Crippen molar-refractivity contribution in [3.05, 3.63) is 0 Å². The van der Waals surface area contributed by atoms with Gasteiger partial charge in [-0.05, 0) is 6.42 Å². The summed E-state index contributed by atoms with van der Waals surface area (Å²) in [6.07, 6.45) is 14.0. The fourth-order valence-electron chi connectivity index (χ4n) is 2.29. The Morgan fingerprint density at radius 3 is 1.87 bits per heavy atom. The zero-order valence-electron chi connectivity index (χ0n) is 15.1. The first-order chi connectivity index (χ1) is 11.1. The second-order valence-corrected chi connectivity index (χ2v) is 6.62. The van der Waals surface area contributed by atoms with Crippen LogP contribution >= 0.6 is 12.3 Å². The van der Waals surface area contributed by atoms with Crippen LogP contribution in [0.3, 0.4) is 0 Å². The molecule has 23 heavy (non-hydrogen) atoms. The second kappa shape index (κ2) is 16.2. The molecule has 0 saturated carbocycles. The zero-order chi connectivity index (χ0) is 17.3. The Morgan fingerprint density at radius 2 is 1.35 bits per heavy atom. The average Bonchev–Trinajstić information content (AvgIpc) is 2.55. The third-order valence-corrected chi connectivity index (χ3v) is 4.41. The van der Waals surface area contributed by atoms with E-state index < -0.39 is 0 Å². The lowest BCUT2D eigenvalue weighted by atomic mass is 10.0. The smallest absolute Gasteiger partial charge is 0.323 e. The molecular weight excluding hydrogens is 312 g/mol. The van der Waals surface area contributed by atoms with Crippen LogP contribution in [-0.4, -0.2) is 11.9 Å². The van der Waals surface area contributed by atoms with Gasteiger partial charge in [0.25, 0.3) is 12.3 Å². The van der Waals surface area contributed by atoms with Crippen LogP contribution in [0.1, 0.15) is 97.8 Å². The van der Waals surface area contributed by atoms with Crippen molar-refractivity contribution in [3.63, 3.8) is 0 Å². The minimum atomic E-state index is -0.384. The molecule has 136 valence electrons. The highest BCUT2D eigenvalue weighted by Crippen LogP contribution is 2.17. The van der Waals surface area contributed by atoms with Crippen molar-refractivity contribution >= 4 is 24.3 Å². The van der Waals surface area contributed by atoms with Gasteiger partial charge in [-0.1, -0.05) is 85.0 Å². The molecule has 0 aromatic rings. The number of unbranched alkanes of at least 4 members (excludes halogenated alkanes) is 9. The van der Waals surface area contributed by atoms with E-state index in [9.17, 15) is 9.59 Å². The molecule has 0 bridgehead atoms. The molecule has 0 radical (unpaired) electrons. The van der Waals surface area contributed by atoms with Gasteiger partial charge in [0.1, 0.15) is 0 Å². The van der Waals surface area contributed by atoms with Gasteiger partial charge in [0.15, 0.2) is 0 Å². The molecule has 0 aliphatic heterocycles. The summed E-state index contributed by atoms with van der Waals surface area (Å²) in [4.78, 5) is 22.6. The van der Waals surface area contributed by atoms with Crippen LogP contribution in [0.5, 0.6) is 0 Å². The Labute approximate surface area is 146 Å². The van der Waals surface area contributed by atoms with Gasteiger partial charge in [-0.3, -0.25) is 9.59 Å². The predicted octanol–water partition coefficient (Wildman–Crippen LogP) is 5.99. The molecule has 0 amide bonds. The van der Waals surface area contributed by atoms with Crippen LogP contribution in [-0.2, 0) is 18.0 Å². The normalized spacial score (nSPS) is 12.0. The van der Waals surface area contributed by atoms with Gasteiger partial charge in [-0.15, -0.1) is 0 Å². The largest absolute Gasteiger partial charge is 0.355 e. The summed E-state index contributed by atoms with van der Waals surface area (Å²) in [7, 11) is 0. The first kappa shape index (κ1) is 22.3. The summed E-state index contributed by atoms with van der Waals surface area (Å²) in [6, 6.07) is 0. The molecule has 0 aliphatic rings. The fourth-order valence-corrected chi connectivity index (χ4v) is 2.74. The summed E-state index contributed by atoms with van der Waals surface area (Å²) in [6.45, 7) is 5.80. The highest BCUT2D eigenvalue weighted by Gasteiger charge is 2.16. The first-order valence-corrected chi connectivity index (χ1v) is 9.86. The van der Waals surface area contributed by atoms with E-state index in [-0.39, 0.29) is 24.3 Å². The molecule has 0 rings (SSSR count). The number of carbonyl (C=O) groups is 2. The molecule has 4 nitrogen and oxygen atoms in total. The van der Waals surface area contributed by atoms with Crippen LogP contribution < -0.4 is 0 Å². The van der Waals surface area contributed by atoms with Gasteiger partial charge < -0.3 is 8.37 Å². The zero-order valence-corrected chi connectivity index (χ0v) is 15.9. The Balaban J connectivity index is 3.39. The minimum Gasteiger partial charge on any atom is -0.355 e. The van der Waals surface area contributed by atoms with Crippen molar-refractivity contribution in [1.29, 1.82) is 0 Å². The van der Waals surface area contributed by atoms with Gasteiger partial charge >= 0.3 is 11.9 Å². The Kier molecular flexibility index (Phi) is 15.7. The van der Waals surface area contributed by atoms with Crippen LogP contribution in [0.25, 0.3) is 0 Å². The van der Waals surface area contributed by atoms with E-state index in [4.69, 9.17) is 4.18 Å². The molecule has 5 heteroatoms. The first-order valence-electron chi connectivity index (χ1n) is 9.19.